The Labute approximate surface area is 121 Å². The number of aryl methyl sites for hydroxylation is 1. The number of hydrogen-bond donors (Lipinski definition) is 1. The van der Waals surface area contributed by atoms with Crippen LogP contribution in [-0.4, -0.2) is 50.9 Å². The summed E-state index contributed by atoms with van der Waals surface area (Å²) < 4.78 is 11.2. The maximum Gasteiger partial charge on any atom is 0.123 e. The first-order chi connectivity index (χ1) is 9.72. The van der Waals surface area contributed by atoms with E-state index in [1.54, 1.807) is 7.11 Å². The maximum absolute atomic E-state index is 6.04. The van der Waals surface area contributed by atoms with Gasteiger partial charge in [-0.15, -0.1) is 0 Å². The fraction of sp³-hybridized carbons (Fsp3) is 0.625. The molecule has 0 aromatic heterocycles. The lowest BCUT2D eigenvalue weighted by atomic mass is 10.1. The predicted octanol–water partition coefficient (Wildman–Crippen LogP) is 1.60. The summed E-state index contributed by atoms with van der Waals surface area (Å²) in [5.74, 6) is 1.05. The molecule has 112 valence electrons. The Kier molecular flexibility index (Phi) is 5.83. The van der Waals surface area contributed by atoms with E-state index in [1.807, 2.05) is 0 Å². The number of rotatable bonds is 8. The van der Waals surface area contributed by atoms with Crippen LogP contribution in [0.25, 0.3) is 0 Å². The minimum atomic E-state index is 0.251. The molecule has 0 fully saturated rings. The van der Waals surface area contributed by atoms with Crippen molar-refractivity contribution in [3.05, 3.63) is 29.3 Å². The highest BCUT2D eigenvalue weighted by atomic mass is 16.5. The van der Waals surface area contributed by atoms with Crippen LogP contribution in [0, 0.1) is 6.92 Å². The van der Waals surface area contributed by atoms with Gasteiger partial charge in [-0.25, -0.2) is 0 Å². The van der Waals surface area contributed by atoms with Gasteiger partial charge in [-0.2, -0.15) is 0 Å². The zero-order chi connectivity index (χ0) is 14.4. The first kappa shape index (κ1) is 15.3. The van der Waals surface area contributed by atoms with Crippen molar-refractivity contribution in [1.82, 2.24) is 4.90 Å². The molecule has 2 N–H and O–H groups in total. The van der Waals surface area contributed by atoms with Crippen molar-refractivity contribution in [2.75, 3.05) is 39.9 Å². The molecule has 1 aromatic carbocycles. The zero-order valence-electron chi connectivity index (χ0n) is 12.6. The second kappa shape index (κ2) is 7.62. The molecule has 0 amide bonds. The summed E-state index contributed by atoms with van der Waals surface area (Å²) in [6.07, 6.45) is 2.27. The third kappa shape index (κ3) is 4.20. The van der Waals surface area contributed by atoms with Crippen molar-refractivity contribution >= 4 is 0 Å². The highest BCUT2D eigenvalue weighted by Gasteiger charge is 2.24. The number of methoxy groups -OCH3 is 1. The quantitative estimate of drug-likeness (QED) is 0.784. The number of nitrogens with two attached hydrogens (primary N) is 1. The molecule has 20 heavy (non-hydrogen) atoms. The standard InChI is InChI=1S/C16H26N2O2/c1-13-4-5-16-14(10-13)11-15(20-16)12-18(7-3-6-17)8-9-19-2/h4-5,10,15H,3,6-9,11-12,17H2,1-2H3. The number of benzene rings is 1. The molecule has 1 atom stereocenters. The molecular weight excluding hydrogens is 252 g/mol. The van der Waals surface area contributed by atoms with Crippen LogP contribution in [0.1, 0.15) is 17.5 Å². The predicted molar refractivity (Wildman–Crippen MR) is 81.3 cm³/mol. The van der Waals surface area contributed by atoms with Crippen molar-refractivity contribution in [3.8, 4) is 5.75 Å². The largest absolute Gasteiger partial charge is 0.488 e. The smallest absolute Gasteiger partial charge is 0.123 e. The molecule has 1 aromatic rings. The molecule has 0 radical (unpaired) electrons. The van der Waals surface area contributed by atoms with Crippen molar-refractivity contribution in [3.63, 3.8) is 0 Å². The van der Waals surface area contributed by atoms with Gasteiger partial charge < -0.3 is 15.2 Å². The van der Waals surface area contributed by atoms with E-state index >= 15 is 0 Å². The summed E-state index contributed by atoms with van der Waals surface area (Å²) in [4.78, 5) is 2.39. The Morgan fingerprint density at radius 1 is 1.40 bits per heavy atom. The fourth-order valence-electron chi connectivity index (χ4n) is 2.67. The molecule has 0 bridgehead atoms. The first-order valence-electron chi connectivity index (χ1n) is 7.40. The maximum atomic E-state index is 6.04. The van der Waals surface area contributed by atoms with Crippen molar-refractivity contribution < 1.29 is 9.47 Å². The van der Waals surface area contributed by atoms with Crippen molar-refractivity contribution in [1.29, 1.82) is 0 Å². The molecule has 1 aliphatic heterocycles. The highest BCUT2D eigenvalue weighted by Crippen LogP contribution is 2.29. The molecular formula is C16H26N2O2. The van der Waals surface area contributed by atoms with Crippen LogP contribution in [-0.2, 0) is 11.2 Å². The van der Waals surface area contributed by atoms with E-state index < -0.39 is 0 Å². The Balaban J connectivity index is 1.88. The monoisotopic (exact) mass is 278 g/mol. The average molecular weight is 278 g/mol. The molecule has 1 heterocycles. The lowest BCUT2D eigenvalue weighted by Gasteiger charge is -2.24. The molecule has 4 nitrogen and oxygen atoms in total. The van der Waals surface area contributed by atoms with Gasteiger partial charge in [0.05, 0.1) is 6.61 Å². The molecule has 0 aliphatic carbocycles. The SMILES string of the molecule is COCCN(CCCN)CC1Cc2cc(C)ccc2O1. The Morgan fingerprint density at radius 2 is 2.25 bits per heavy atom. The summed E-state index contributed by atoms with van der Waals surface area (Å²) in [7, 11) is 1.74. The molecule has 1 aliphatic rings. The van der Waals surface area contributed by atoms with Gasteiger partial charge in [-0.3, -0.25) is 4.90 Å². The van der Waals surface area contributed by atoms with Crippen molar-refractivity contribution in [2.45, 2.75) is 25.9 Å². The lowest BCUT2D eigenvalue weighted by molar-refractivity contribution is 0.110. The van der Waals surface area contributed by atoms with Gasteiger partial charge in [0.15, 0.2) is 0 Å². The summed E-state index contributed by atoms with van der Waals surface area (Å²) in [6.45, 7) is 6.50. The third-order valence-electron chi connectivity index (χ3n) is 3.71. The van der Waals surface area contributed by atoms with Gasteiger partial charge in [-0.1, -0.05) is 17.7 Å². The second-order valence-corrected chi connectivity index (χ2v) is 5.49. The molecule has 0 spiro atoms. The third-order valence-corrected chi connectivity index (χ3v) is 3.71. The van der Waals surface area contributed by atoms with E-state index in [9.17, 15) is 0 Å². The van der Waals surface area contributed by atoms with Crippen LogP contribution in [0.15, 0.2) is 18.2 Å². The second-order valence-electron chi connectivity index (χ2n) is 5.49. The summed E-state index contributed by atoms with van der Waals surface area (Å²) >= 11 is 0. The summed E-state index contributed by atoms with van der Waals surface area (Å²) in [6, 6.07) is 6.43. The van der Waals surface area contributed by atoms with Crippen LogP contribution in [0.2, 0.25) is 0 Å². The van der Waals surface area contributed by atoms with Gasteiger partial charge in [0.1, 0.15) is 11.9 Å². The first-order valence-corrected chi connectivity index (χ1v) is 7.40. The summed E-state index contributed by atoms with van der Waals surface area (Å²) in [5, 5.41) is 0. The van der Waals surface area contributed by atoms with Gasteiger partial charge >= 0.3 is 0 Å². The van der Waals surface area contributed by atoms with Crippen LogP contribution in [0.3, 0.4) is 0 Å². The minimum Gasteiger partial charge on any atom is -0.488 e. The number of hydrogen-bond acceptors (Lipinski definition) is 4. The van der Waals surface area contributed by atoms with E-state index in [0.29, 0.717) is 0 Å². The molecule has 4 heteroatoms. The van der Waals surface area contributed by atoms with Crippen LogP contribution in [0.4, 0.5) is 0 Å². The lowest BCUT2D eigenvalue weighted by Crippen LogP contribution is -2.38. The number of ether oxygens (including phenoxy) is 2. The molecule has 1 unspecified atom stereocenters. The molecule has 0 saturated heterocycles. The highest BCUT2D eigenvalue weighted by molar-refractivity contribution is 5.40. The van der Waals surface area contributed by atoms with Crippen LogP contribution < -0.4 is 10.5 Å². The van der Waals surface area contributed by atoms with E-state index in [2.05, 4.69) is 30.0 Å². The van der Waals surface area contributed by atoms with Gasteiger partial charge in [0.25, 0.3) is 0 Å². The van der Waals surface area contributed by atoms with Gasteiger partial charge in [0.2, 0.25) is 0 Å². The normalized spacial score (nSPS) is 17.3. The Morgan fingerprint density at radius 3 is 3.00 bits per heavy atom. The number of nitrogens with zero attached hydrogens (tertiary/aromatic N) is 1. The Hall–Kier alpha value is -1.10. The molecule has 2 rings (SSSR count). The van der Waals surface area contributed by atoms with Crippen LogP contribution in [0.5, 0.6) is 5.75 Å². The molecule has 0 saturated carbocycles. The topological polar surface area (TPSA) is 47.7 Å². The zero-order valence-corrected chi connectivity index (χ0v) is 12.6. The van der Waals surface area contributed by atoms with E-state index in [4.69, 9.17) is 15.2 Å². The van der Waals surface area contributed by atoms with Crippen molar-refractivity contribution in [2.24, 2.45) is 5.73 Å². The van der Waals surface area contributed by atoms with Gasteiger partial charge in [0, 0.05) is 26.6 Å². The van der Waals surface area contributed by atoms with E-state index in [-0.39, 0.29) is 6.10 Å². The fourth-order valence-corrected chi connectivity index (χ4v) is 2.67. The minimum absolute atomic E-state index is 0.251. The average Bonchev–Trinajstić information content (AvgIpc) is 2.83. The van der Waals surface area contributed by atoms with E-state index in [0.717, 1.165) is 51.4 Å². The Bertz CT molecular complexity index is 415. The van der Waals surface area contributed by atoms with Crippen LogP contribution >= 0.6 is 0 Å². The summed E-state index contributed by atoms with van der Waals surface area (Å²) in [5.41, 5.74) is 8.24. The number of fused-ring (bicyclic) bond motifs is 1. The van der Waals surface area contributed by atoms with E-state index in [1.165, 1.54) is 11.1 Å². The van der Waals surface area contributed by atoms with Gasteiger partial charge in [-0.05, 0) is 38.1 Å².